The minimum Gasteiger partial charge on any atom is -0.444 e. The van der Waals surface area contributed by atoms with E-state index in [0.717, 1.165) is 5.56 Å². The van der Waals surface area contributed by atoms with E-state index in [1.807, 2.05) is 0 Å². The third-order valence-corrected chi connectivity index (χ3v) is 2.35. The maximum atomic E-state index is 13.2. The van der Waals surface area contributed by atoms with Crippen molar-refractivity contribution < 1.29 is 18.7 Å². The number of alkyl carbamates (subject to hydrolysis) is 1. The molecular weight excluding hydrogens is 275 g/mol. The summed E-state index contributed by atoms with van der Waals surface area (Å²) in [5, 5.41) is 5.06. The molecule has 2 N–H and O–H groups in total. The summed E-state index contributed by atoms with van der Waals surface area (Å²) in [7, 11) is 0. The van der Waals surface area contributed by atoms with Crippen molar-refractivity contribution >= 4 is 17.7 Å². The van der Waals surface area contributed by atoms with Crippen LogP contribution in [0.5, 0.6) is 0 Å². The summed E-state index contributed by atoms with van der Waals surface area (Å²) in [6.07, 6.45) is -0.494. The molecule has 0 radical (unpaired) electrons. The first-order chi connectivity index (χ1) is 9.65. The van der Waals surface area contributed by atoms with Gasteiger partial charge in [-0.25, -0.2) is 9.18 Å². The zero-order chi connectivity index (χ0) is 16.0. The fourth-order valence-electron chi connectivity index (χ4n) is 1.62. The van der Waals surface area contributed by atoms with Gasteiger partial charge in [-0.1, -0.05) is 0 Å². The Bertz CT molecular complexity index is 504. The van der Waals surface area contributed by atoms with E-state index in [4.69, 9.17) is 4.74 Å². The molecule has 0 spiro atoms. The van der Waals surface area contributed by atoms with E-state index in [1.54, 1.807) is 33.8 Å². The van der Waals surface area contributed by atoms with Gasteiger partial charge in [0, 0.05) is 18.7 Å². The molecule has 0 aliphatic rings. The second kappa shape index (κ2) is 7.06. The average Bonchev–Trinajstić information content (AvgIpc) is 2.24. The van der Waals surface area contributed by atoms with Crippen LogP contribution in [0, 0.1) is 12.7 Å². The number of amides is 2. The van der Waals surface area contributed by atoms with E-state index in [1.165, 1.54) is 12.1 Å². The number of carbonyl (C=O) groups excluding carboxylic acids is 2. The molecule has 1 aromatic rings. The van der Waals surface area contributed by atoms with Crippen molar-refractivity contribution in [3.63, 3.8) is 0 Å². The summed E-state index contributed by atoms with van der Waals surface area (Å²) < 4.78 is 18.2. The van der Waals surface area contributed by atoms with Crippen LogP contribution in [0.4, 0.5) is 14.9 Å². The minimum absolute atomic E-state index is 0.0782. The lowest BCUT2D eigenvalue weighted by Gasteiger charge is -2.19. The van der Waals surface area contributed by atoms with Crippen LogP contribution < -0.4 is 10.6 Å². The summed E-state index contributed by atoms with van der Waals surface area (Å²) in [5.74, 6) is -0.715. The number of ether oxygens (including phenoxy) is 1. The van der Waals surface area contributed by atoms with Gasteiger partial charge in [-0.2, -0.15) is 0 Å². The molecule has 0 aromatic heterocycles. The Morgan fingerprint density at radius 2 is 1.90 bits per heavy atom. The van der Waals surface area contributed by atoms with Crippen molar-refractivity contribution in [2.24, 2.45) is 0 Å². The van der Waals surface area contributed by atoms with Gasteiger partial charge in [0.25, 0.3) is 0 Å². The normalized spacial score (nSPS) is 10.9. The summed E-state index contributed by atoms with van der Waals surface area (Å²) >= 11 is 0. The highest BCUT2D eigenvalue weighted by Gasteiger charge is 2.15. The average molecular weight is 296 g/mol. The Hall–Kier alpha value is -2.11. The van der Waals surface area contributed by atoms with Crippen molar-refractivity contribution in [3.8, 4) is 0 Å². The lowest BCUT2D eigenvalue weighted by molar-refractivity contribution is -0.116. The monoisotopic (exact) mass is 296 g/mol. The molecule has 0 atom stereocenters. The fourth-order valence-corrected chi connectivity index (χ4v) is 1.62. The summed E-state index contributed by atoms with van der Waals surface area (Å²) in [6, 6.07) is 4.29. The van der Waals surface area contributed by atoms with Gasteiger partial charge in [0.2, 0.25) is 5.91 Å². The van der Waals surface area contributed by atoms with Crippen LogP contribution in [0.15, 0.2) is 18.2 Å². The summed E-state index contributed by atoms with van der Waals surface area (Å²) in [4.78, 5) is 23.0. The number of carbonyl (C=O) groups is 2. The third-order valence-electron chi connectivity index (χ3n) is 2.35. The molecule has 0 saturated carbocycles. The Kier molecular flexibility index (Phi) is 5.69. The molecule has 1 aromatic carbocycles. The first kappa shape index (κ1) is 16.9. The SMILES string of the molecule is Cc1cc(F)cc(NC(=O)CCNC(=O)OC(C)(C)C)c1. The Balaban J connectivity index is 2.36. The topological polar surface area (TPSA) is 67.4 Å². The molecule has 0 fully saturated rings. The Morgan fingerprint density at radius 3 is 2.48 bits per heavy atom. The van der Waals surface area contributed by atoms with Gasteiger partial charge in [0.05, 0.1) is 0 Å². The van der Waals surface area contributed by atoms with Gasteiger partial charge < -0.3 is 15.4 Å². The largest absolute Gasteiger partial charge is 0.444 e. The number of aryl methyl sites for hydroxylation is 1. The van der Waals surface area contributed by atoms with Crippen LogP contribution in [-0.2, 0) is 9.53 Å². The maximum Gasteiger partial charge on any atom is 0.407 e. The molecule has 6 heteroatoms. The van der Waals surface area contributed by atoms with Crippen LogP contribution in [-0.4, -0.2) is 24.1 Å². The van der Waals surface area contributed by atoms with E-state index in [-0.39, 0.29) is 18.9 Å². The molecule has 0 heterocycles. The van der Waals surface area contributed by atoms with E-state index >= 15 is 0 Å². The minimum atomic E-state index is -0.578. The van der Waals surface area contributed by atoms with Crippen molar-refractivity contribution in [3.05, 3.63) is 29.6 Å². The van der Waals surface area contributed by atoms with Crippen LogP contribution in [0.25, 0.3) is 0 Å². The van der Waals surface area contributed by atoms with E-state index in [0.29, 0.717) is 5.69 Å². The highest BCUT2D eigenvalue weighted by molar-refractivity contribution is 5.91. The van der Waals surface area contributed by atoms with Crippen molar-refractivity contribution in [2.75, 3.05) is 11.9 Å². The number of halogens is 1. The van der Waals surface area contributed by atoms with Crippen molar-refractivity contribution in [2.45, 2.75) is 39.7 Å². The molecule has 1 rings (SSSR count). The van der Waals surface area contributed by atoms with E-state index < -0.39 is 17.5 Å². The molecule has 0 saturated heterocycles. The molecule has 2 amide bonds. The molecule has 0 bridgehead atoms. The highest BCUT2D eigenvalue weighted by Crippen LogP contribution is 2.13. The third kappa shape index (κ3) is 7.29. The molecule has 0 aliphatic carbocycles. The van der Waals surface area contributed by atoms with Gasteiger partial charge in [0.15, 0.2) is 0 Å². The van der Waals surface area contributed by atoms with Gasteiger partial charge in [-0.05, 0) is 51.5 Å². The number of hydrogen-bond donors (Lipinski definition) is 2. The number of benzene rings is 1. The first-order valence-electron chi connectivity index (χ1n) is 6.69. The van der Waals surface area contributed by atoms with Crippen LogP contribution in [0.2, 0.25) is 0 Å². The van der Waals surface area contributed by atoms with Crippen molar-refractivity contribution in [1.82, 2.24) is 5.32 Å². The summed E-state index contributed by atoms with van der Waals surface area (Å²) in [6.45, 7) is 7.15. The van der Waals surface area contributed by atoms with Gasteiger partial charge in [0.1, 0.15) is 11.4 Å². The second-order valence-electron chi connectivity index (χ2n) is 5.74. The molecule has 5 nitrogen and oxygen atoms in total. The predicted molar refractivity (Wildman–Crippen MR) is 78.6 cm³/mol. The van der Waals surface area contributed by atoms with Crippen LogP contribution >= 0.6 is 0 Å². The standard InChI is InChI=1S/C15H21FN2O3/c1-10-7-11(16)9-12(8-10)18-13(19)5-6-17-14(20)21-15(2,3)4/h7-9H,5-6H2,1-4H3,(H,17,20)(H,18,19). The predicted octanol–water partition coefficient (Wildman–Crippen LogP) is 2.99. The molecule has 21 heavy (non-hydrogen) atoms. The smallest absolute Gasteiger partial charge is 0.407 e. The number of rotatable bonds is 4. The quantitative estimate of drug-likeness (QED) is 0.897. The second-order valence-corrected chi connectivity index (χ2v) is 5.74. The van der Waals surface area contributed by atoms with E-state index in [9.17, 15) is 14.0 Å². The van der Waals surface area contributed by atoms with Crippen molar-refractivity contribution in [1.29, 1.82) is 0 Å². The van der Waals surface area contributed by atoms with E-state index in [2.05, 4.69) is 10.6 Å². The molecule has 0 aliphatic heterocycles. The van der Waals surface area contributed by atoms with Gasteiger partial charge in [-0.15, -0.1) is 0 Å². The number of hydrogen-bond acceptors (Lipinski definition) is 3. The summed E-state index contributed by atoms with van der Waals surface area (Å²) in [5.41, 5.74) is 0.540. The number of nitrogens with one attached hydrogen (secondary N) is 2. The first-order valence-corrected chi connectivity index (χ1v) is 6.69. The lowest BCUT2D eigenvalue weighted by atomic mass is 10.2. The molecule has 0 unspecified atom stereocenters. The van der Waals surface area contributed by atoms with Gasteiger partial charge in [-0.3, -0.25) is 4.79 Å². The maximum absolute atomic E-state index is 13.2. The highest BCUT2D eigenvalue weighted by atomic mass is 19.1. The molecule has 116 valence electrons. The zero-order valence-electron chi connectivity index (χ0n) is 12.7. The fraction of sp³-hybridized carbons (Fsp3) is 0.467. The molecular formula is C15H21FN2O3. The Morgan fingerprint density at radius 1 is 1.24 bits per heavy atom. The number of anilines is 1. The van der Waals surface area contributed by atoms with Gasteiger partial charge >= 0.3 is 6.09 Å². The van der Waals surface area contributed by atoms with Crippen LogP contribution in [0.1, 0.15) is 32.8 Å². The lowest BCUT2D eigenvalue weighted by Crippen LogP contribution is -2.34. The zero-order valence-corrected chi connectivity index (χ0v) is 12.7. The van der Waals surface area contributed by atoms with Crippen LogP contribution in [0.3, 0.4) is 0 Å². The Labute approximate surface area is 123 Å².